The first kappa shape index (κ1) is 46.0. The first-order valence-electron chi connectivity index (χ1n) is 19.8. The molecule has 0 bridgehead atoms. The van der Waals surface area contributed by atoms with Crippen molar-refractivity contribution in [1.29, 1.82) is 0 Å². The number of phosphoric acid groups is 1. The molecule has 2 atom stereocenters. The van der Waals surface area contributed by atoms with Gasteiger partial charge in [-0.1, -0.05) is 173 Å². The molecular formula is C39H76NO6P. The first-order valence-corrected chi connectivity index (χ1v) is 21.3. The highest BCUT2D eigenvalue weighted by Crippen LogP contribution is 2.35. The van der Waals surface area contributed by atoms with Gasteiger partial charge in [-0.25, -0.2) is 4.57 Å². The van der Waals surface area contributed by atoms with Gasteiger partial charge in [-0.05, 0) is 44.9 Å². The topological polar surface area (TPSA) is 116 Å². The second-order valence-corrected chi connectivity index (χ2v) is 14.8. The predicted octanol–water partition coefficient (Wildman–Crippen LogP) is 11.4. The Balaban J connectivity index is 3.89. The summed E-state index contributed by atoms with van der Waals surface area (Å²) in [4.78, 5) is 30.7. The van der Waals surface area contributed by atoms with Crippen molar-refractivity contribution in [3.63, 3.8) is 0 Å². The van der Waals surface area contributed by atoms with Crippen LogP contribution in [0.4, 0.5) is 0 Å². The van der Waals surface area contributed by atoms with E-state index in [2.05, 4.69) is 35.8 Å². The molecule has 8 heteroatoms. The molecule has 7 nitrogen and oxygen atoms in total. The van der Waals surface area contributed by atoms with Crippen LogP contribution >= 0.6 is 7.82 Å². The maximum Gasteiger partial charge on any atom is 0.469 e. The Hall–Kier alpha value is -0.980. The Morgan fingerprint density at radius 1 is 0.596 bits per heavy atom. The van der Waals surface area contributed by atoms with Crippen molar-refractivity contribution in [2.24, 2.45) is 0 Å². The van der Waals surface area contributed by atoms with Crippen LogP contribution in [0.1, 0.15) is 200 Å². The molecule has 47 heavy (non-hydrogen) atoms. The Bertz CT molecular complexity index is 783. The van der Waals surface area contributed by atoms with Gasteiger partial charge in [-0.15, -0.1) is 0 Å². The third-order valence-electron chi connectivity index (χ3n) is 8.90. The monoisotopic (exact) mass is 686 g/mol. The van der Waals surface area contributed by atoms with Crippen molar-refractivity contribution in [3.05, 3.63) is 24.3 Å². The summed E-state index contributed by atoms with van der Waals surface area (Å²) in [6.45, 7) is 4.04. The zero-order chi connectivity index (χ0) is 34.7. The number of phosphoric ester groups is 1. The van der Waals surface area contributed by atoms with E-state index in [9.17, 15) is 14.5 Å². The van der Waals surface area contributed by atoms with Crippen molar-refractivity contribution < 1.29 is 28.8 Å². The number of hydrogen-bond donors (Lipinski definition) is 4. The second kappa shape index (κ2) is 34.9. The number of carbonyl (C=O) groups excluding carboxylic acids is 1. The molecule has 0 spiro atoms. The molecule has 0 heterocycles. The normalized spacial score (nSPS) is 13.6. The zero-order valence-corrected chi connectivity index (χ0v) is 31.6. The molecule has 0 saturated carbocycles. The number of hydrogen-bond acceptors (Lipinski definition) is 4. The summed E-state index contributed by atoms with van der Waals surface area (Å²) in [5, 5.41) is 13.3. The van der Waals surface area contributed by atoms with E-state index in [1.165, 1.54) is 141 Å². The molecule has 0 aromatic heterocycles. The lowest BCUT2D eigenvalue weighted by Crippen LogP contribution is -2.45. The number of nitrogens with one attached hydrogen (secondary N) is 1. The fourth-order valence-corrected chi connectivity index (χ4v) is 6.22. The molecule has 278 valence electrons. The minimum Gasteiger partial charge on any atom is -0.387 e. The van der Waals surface area contributed by atoms with Gasteiger partial charge in [0.05, 0.1) is 18.8 Å². The second-order valence-electron chi connectivity index (χ2n) is 13.6. The van der Waals surface area contributed by atoms with Crippen LogP contribution in [0.5, 0.6) is 0 Å². The molecule has 0 aromatic rings. The minimum atomic E-state index is -4.71. The fourth-order valence-electron chi connectivity index (χ4n) is 5.86. The minimum absolute atomic E-state index is 0.229. The van der Waals surface area contributed by atoms with Gasteiger partial charge < -0.3 is 20.2 Å². The van der Waals surface area contributed by atoms with E-state index in [1.807, 2.05) is 6.08 Å². The average molecular weight is 686 g/mol. The Morgan fingerprint density at radius 3 is 1.36 bits per heavy atom. The van der Waals surface area contributed by atoms with Gasteiger partial charge in [0.2, 0.25) is 5.91 Å². The van der Waals surface area contributed by atoms with E-state index < -0.39 is 26.6 Å². The average Bonchev–Trinajstić information content (AvgIpc) is 3.04. The molecule has 1 amide bonds. The molecular weight excluding hydrogens is 609 g/mol. The van der Waals surface area contributed by atoms with E-state index in [0.717, 1.165) is 38.5 Å². The molecule has 0 aliphatic carbocycles. The lowest BCUT2D eigenvalue weighted by molar-refractivity contribution is -0.123. The third kappa shape index (κ3) is 36.1. The van der Waals surface area contributed by atoms with Crippen LogP contribution in [-0.4, -0.2) is 39.6 Å². The van der Waals surface area contributed by atoms with Gasteiger partial charge in [0.15, 0.2) is 0 Å². The van der Waals surface area contributed by atoms with E-state index in [0.29, 0.717) is 6.42 Å². The molecule has 0 fully saturated rings. The lowest BCUT2D eigenvalue weighted by atomic mass is 10.0. The maximum atomic E-state index is 12.5. The number of aliphatic hydroxyl groups excluding tert-OH is 1. The van der Waals surface area contributed by atoms with Crippen LogP contribution in [0.2, 0.25) is 0 Å². The summed E-state index contributed by atoms with van der Waals surface area (Å²) >= 11 is 0. The van der Waals surface area contributed by atoms with E-state index in [4.69, 9.17) is 9.79 Å². The number of carbonyl (C=O) groups is 1. The van der Waals surface area contributed by atoms with Gasteiger partial charge in [0, 0.05) is 6.42 Å². The Kier molecular flexibility index (Phi) is 34.1. The maximum absolute atomic E-state index is 12.5. The molecule has 4 N–H and O–H groups in total. The predicted molar refractivity (Wildman–Crippen MR) is 199 cm³/mol. The third-order valence-corrected chi connectivity index (χ3v) is 9.39. The summed E-state index contributed by atoms with van der Waals surface area (Å²) in [5.41, 5.74) is 0. The first-order chi connectivity index (χ1) is 22.8. The van der Waals surface area contributed by atoms with Gasteiger partial charge in [0.25, 0.3) is 0 Å². The largest absolute Gasteiger partial charge is 0.469 e. The van der Waals surface area contributed by atoms with Gasteiger partial charge in [-0.3, -0.25) is 9.32 Å². The fraction of sp³-hybridized carbons (Fsp3) is 0.872. The number of aliphatic hydroxyl groups is 1. The molecule has 0 radical (unpaired) electrons. The molecule has 0 aliphatic rings. The molecule has 0 rings (SSSR count). The smallest absolute Gasteiger partial charge is 0.387 e. The Morgan fingerprint density at radius 2 is 0.957 bits per heavy atom. The summed E-state index contributed by atoms with van der Waals surface area (Å²) in [5.74, 6) is -0.229. The summed E-state index contributed by atoms with van der Waals surface area (Å²) in [6.07, 6.45) is 42.0. The number of unbranched alkanes of at least 4 members (excludes halogenated alkanes) is 25. The van der Waals surface area contributed by atoms with Gasteiger partial charge in [-0.2, -0.15) is 0 Å². The van der Waals surface area contributed by atoms with Crippen LogP contribution in [0.15, 0.2) is 24.3 Å². The summed E-state index contributed by atoms with van der Waals surface area (Å²) in [7, 11) is -4.71. The summed E-state index contributed by atoms with van der Waals surface area (Å²) in [6, 6.07) is -0.906. The zero-order valence-electron chi connectivity index (χ0n) is 30.7. The highest BCUT2D eigenvalue weighted by Gasteiger charge is 2.24. The SMILES string of the molecule is CCCCCCCC/C=C/CCCCCCCCCCCCCC(=O)N[C@@H](COP(=O)(O)O)[C@H](O)/C=C/CCCCCCCCCC. The van der Waals surface area contributed by atoms with E-state index >= 15 is 0 Å². The number of rotatable bonds is 36. The summed E-state index contributed by atoms with van der Waals surface area (Å²) < 4.78 is 15.8. The van der Waals surface area contributed by atoms with Crippen molar-refractivity contribution in [1.82, 2.24) is 5.32 Å². The molecule has 0 aliphatic heterocycles. The highest BCUT2D eigenvalue weighted by molar-refractivity contribution is 7.46. The van der Waals surface area contributed by atoms with Crippen LogP contribution in [0, 0.1) is 0 Å². The van der Waals surface area contributed by atoms with Crippen LogP contribution in [0.25, 0.3) is 0 Å². The van der Waals surface area contributed by atoms with Crippen molar-refractivity contribution in [2.75, 3.05) is 6.61 Å². The van der Waals surface area contributed by atoms with Gasteiger partial charge in [0.1, 0.15) is 0 Å². The van der Waals surface area contributed by atoms with Gasteiger partial charge >= 0.3 is 7.82 Å². The standard InChI is InChI=1S/C39H76NO6P/c1-3-5-7-9-11-13-15-16-17-18-19-20-21-22-23-24-25-27-29-31-33-35-39(42)40-37(36-46-47(43,44)45)38(41)34-32-30-28-26-14-12-10-8-6-4-2/h16-17,32,34,37-38,41H,3-15,18-31,33,35-36H2,1-2H3,(H,40,42)(H2,43,44,45)/b17-16+,34-32+/t37-,38+/m0/s1. The van der Waals surface area contributed by atoms with Crippen molar-refractivity contribution >= 4 is 13.7 Å². The van der Waals surface area contributed by atoms with E-state index in [-0.39, 0.29) is 5.91 Å². The van der Waals surface area contributed by atoms with Crippen molar-refractivity contribution in [2.45, 2.75) is 212 Å². The quantitative estimate of drug-likeness (QED) is 0.0296. The molecule has 0 unspecified atom stereocenters. The van der Waals surface area contributed by atoms with Crippen molar-refractivity contribution in [3.8, 4) is 0 Å². The van der Waals surface area contributed by atoms with E-state index in [1.54, 1.807) is 6.08 Å². The number of amides is 1. The Labute approximate surface area is 290 Å². The molecule has 0 saturated heterocycles. The molecule has 0 aromatic carbocycles. The van der Waals surface area contributed by atoms with Crippen LogP contribution < -0.4 is 5.32 Å². The lowest BCUT2D eigenvalue weighted by Gasteiger charge is -2.22. The number of allylic oxidation sites excluding steroid dienone is 3. The highest BCUT2D eigenvalue weighted by atomic mass is 31.2. The van der Waals surface area contributed by atoms with Crippen LogP contribution in [0.3, 0.4) is 0 Å². The van der Waals surface area contributed by atoms with Crippen LogP contribution in [-0.2, 0) is 13.9 Å².